The highest BCUT2D eigenvalue weighted by molar-refractivity contribution is 6.32. The molecule has 4 amide bonds. The van der Waals surface area contributed by atoms with Gasteiger partial charge < -0.3 is 4.90 Å². The second-order valence-electron chi connectivity index (χ2n) is 7.50. The van der Waals surface area contributed by atoms with E-state index in [1.54, 1.807) is 6.07 Å². The zero-order chi connectivity index (χ0) is 19.5. The first-order valence-electron chi connectivity index (χ1n) is 9.19. The van der Waals surface area contributed by atoms with Crippen LogP contribution in [0.15, 0.2) is 18.2 Å². The van der Waals surface area contributed by atoms with Crippen molar-refractivity contribution in [2.75, 3.05) is 45.2 Å². The number of urea groups is 1. The number of carbonyl (C=O) groups is 3. The highest BCUT2D eigenvalue weighted by Crippen LogP contribution is 2.48. The minimum absolute atomic E-state index is 0.209. The van der Waals surface area contributed by atoms with E-state index in [2.05, 4.69) is 16.7 Å². The third-order valence-electron chi connectivity index (χ3n) is 6.29. The Morgan fingerprint density at radius 1 is 1.11 bits per heavy atom. The molecular weight excluding hydrogens is 368 g/mol. The van der Waals surface area contributed by atoms with Gasteiger partial charge in [0.15, 0.2) is 5.41 Å². The molecule has 0 bridgehead atoms. The number of amides is 4. The van der Waals surface area contributed by atoms with Crippen LogP contribution in [0.5, 0.6) is 0 Å². The number of imide groups is 2. The van der Waals surface area contributed by atoms with Gasteiger partial charge in [0.25, 0.3) is 0 Å². The summed E-state index contributed by atoms with van der Waals surface area (Å²) in [7, 11) is 2.89. The van der Waals surface area contributed by atoms with Crippen molar-refractivity contribution in [2.45, 2.75) is 19.4 Å². The predicted octanol–water partition coefficient (Wildman–Crippen LogP) is 1.44. The van der Waals surface area contributed by atoms with Gasteiger partial charge in [-0.2, -0.15) is 0 Å². The molecule has 8 heteroatoms. The summed E-state index contributed by atoms with van der Waals surface area (Å²) in [6, 6.07) is 4.76. The second-order valence-corrected chi connectivity index (χ2v) is 7.91. The van der Waals surface area contributed by atoms with Crippen LogP contribution in [0.25, 0.3) is 0 Å². The Balaban J connectivity index is 1.93. The molecule has 27 heavy (non-hydrogen) atoms. The molecule has 1 aromatic carbocycles. The maximum absolute atomic E-state index is 13.4. The summed E-state index contributed by atoms with van der Waals surface area (Å²) in [5.74, 6) is -0.872. The maximum atomic E-state index is 13.4. The van der Waals surface area contributed by atoms with E-state index in [-0.39, 0.29) is 12.5 Å². The molecule has 144 valence electrons. The molecule has 0 radical (unpaired) electrons. The SMILES string of the molecule is CCN1CCN2c3cccc(Cl)c3CC3(C(=O)N(C)C(=O)N(C)C3=O)C2C1. The molecule has 0 aromatic heterocycles. The van der Waals surface area contributed by atoms with Crippen LogP contribution in [0.1, 0.15) is 12.5 Å². The van der Waals surface area contributed by atoms with Crippen LogP contribution in [-0.4, -0.2) is 78.9 Å². The van der Waals surface area contributed by atoms with E-state index in [0.717, 1.165) is 34.1 Å². The molecule has 1 aromatic rings. The van der Waals surface area contributed by atoms with E-state index in [0.29, 0.717) is 18.1 Å². The highest BCUT2D eigenvalue weighted by Gasteiger charge is 2.63. The van der Waals surface area contributed by atoms with Crippen LogP contribution in [-0.2, 0) is 16.0 Å². The van der Waals surface area contributed by atoms with Crippen LogP contribution in [0, 0.1) is 5.41 Å². The van der Waals surface area contributed by atoms with Crippen molar-refractivity contribution in [3.05, 3.63) is 28.8 Å². The first-order valence-corrected chi connectivity index (χ1v) is 9.57. The highest BCUT2D eigenvalue weighted by atomic mass is 35.5. The number of rotatable bonds is 1. The number of hydrogen-bond donors (Lipinski definition) is 0. The molecule has 7 nitrogen and oxygen atoms in total. The molecule has 3 aliphatic heterocycles. The number of nitrogens with zero attached hydrogens (tertiary/aromatic N) is 4. The van der Waals surface area contributed by atoms with Crippen LogP contribution in [0.4, 0.5) is 10.5 Å². The molecule has 3 heterocycles. The number of barbiturate groups is 1. The molecule has 4 rings (SSSR count). The monoisotopic (exact) mass is 390 g/mol. The molecule has 1 unspecified atom stereocenters. The third-order valence-corrected chi connectivity index (χ3v) is 6.64. The first kappa shape index (κ1) is 18.3. The predicted molar refractivity (Wildman–Crippen MR) is 102 cm³/mol. The van der Waals surface area contributed by atoms with E-state index >= 15 is 0 Å². The normalized spacial score (nSPS) is 25.1. The fourth-order valence-corrected chi connectivity index (χ4v) is 4.99. The number of carbonyl (C=O) groups excluding carboxylic acids is 3. The summed E-state index contributed by atoms with van der Waals surface area (Å²) in [5.41, 5.74) is 0.443. The standard InChI is InChI=1S/C19H23ClN4O3/c1-4-23-8-9-24-14-7-5-6-13(20)12(14)10-19(15(24)11-23)16(25)21(2)18(27)22(3)17(19)26/h5-7,15H,4,8-11H2,1-3H3. The second kappa shape index (κ2) is 6.21. The maximum Gasteiger partial charge on any atom is 0.332 e. The fourth-order valence-electron chi connectivity index (χ4n) is 4.75. The Morgan fingerprint density at radius 2 is 1.78 bits per heavy atom. The topological polar surface area (TPSA) is 64.2 Å². The van der Waals surface area contributed by atoms with Gasteiger partial charge in [0.2, 0.25) is 11.8 Å². The van der Waals surface area contributed by atoms with Crippen molar-refractivity contribution in [3.63, 3.8) is 0 Å². The van der Waals surface area contributed by atoms with Gasteiger partial charge in [-0.1, -0.05) is 24.6 Å². The van der Waals surface area contributed by atoms with E-state index in [1.807, 2.05) is 12.1 Å². The van der Waals surface area contributed by atoms with Crippen LogP contribution in [0.2, 0.25) is 5.02 Å². The lowest BCUT2D eigenvalue weighted by Gasteiger charge is -2.56. The van der Waals surface area contributed by atoms with E-state index in [4.69, 9.17) is 11.6 Å². The Kier molecular flexibility index (Phi) is 4.20. The average Bonchev–Trinajstić information content (AvgIpc) is 2.69. The number of hydrogen-bond acceptors (Lipinski definition) is 5. The summed E-state index contributed by atoms with van der Waals surface area (Å²) >= 11 is 6.47. The largest absolute Gasteiger partial charge is 0.364 e. The van der Waals surface area contributed by atoms with Crippen molar-refractivity contribution in [1.29, 1.82) is 0 Å². The number of benzene rings is 1. The molecule has 2 fully saturated rings. The van der Waals surface area contributed by atoms with Crippen LogP contribution in [0.3, 0.4) is 0 Å². The third kappa shape index (κ3) is 2.34. The van der Waals surface area contributed by atoms with Crippen molar-refractivity contribution >= 4 is 35.1 Å². The van der Waals surface area contributed by atoms with Gasteiger partial charge in [0, 0.05) is 50.9 Å². The van der Waals surface area contributed by atoms with Crippen molar-refractivity contribution < 1.29 is 14.4 Å². The zero-order valence-electron chi connectivity index (χ0n) is 15.7. The van der Waals surface area contributed by atoms with Gasteiger partial charge in [0.05, 0.1) is 6.04 Å². The number of piperazine rings is 1. The average molecular weight is 391 g/mol. The summed E-state index contributed by atoms with van der Waals surface area (Å²) < 4.78 is 0. The Hall–Kier alpha value is -2.12. The van der Waals surface area contributed by atoms with Gasteiger partial charge in [0.1, 0.15) is 0 Å². The molecule has 3 aliphatic rings. The van der Waals surface area contributed by atoms with Gasteiger partial charge in [-0.3, -0.25) is 24.3 Å². The Morgan fingerprint density at radius 3 is 2.41 bits per heavy atom. The van der Waals surface area contributed by atoms with E-state index in [1.165, 1.54) is 14.1 Å². The van der Waals surface area contributed by atoms with Gasteiger partial charge in [-0.15, -0.1) is 0 Å². The molecule has 1 spiro atoms. The number of anilines is 1. The van der Waals surface area contributed by atoms with Gasteiger partial charge in [-0.05, 0) is 24.2 Å². The lowest BCUT2D eigenvalue weighted by Crippen LogP contribution is -2.74. The summed E-state index contributed by atoms with van der Waals surface area (Å²) in [6.07, 6.45) is 0.209. The van der Waals surface area contributed by atoms with Gasteiger partial charge >= 0.3 is 6.03 Å². The number of halogens is 1. The molecule has 0 N–H and O–H groups in total. The number of likely N-dealkylation sites (N-methyl/N-ethyl adjacent to an activating group) is 1. The Labute approximate surface area is 163 Å². The summed E-state index contributed by atoms with van der Waals surface area (Å²) in [5, 5.41) is 0.547. The van der Waals surface area contributed by atoms with Crippen molar-refractivity contribution in [3.8, 4) is 0 Å². The minimum atomic E-state index is -1.34. The van der Waals surface area contributed by atoms with E-state index in [9.17, 15) is 14.4 Å². The first-order chi connectivity index (χ1) is 12.8. The van der Waals surface area contributed by atoms with Gasteiger partial charge in [-0.25, -0.2) is 4.79 Å². The molecule has 0 saturated carbocycles. The molecule has 1 atom stereocenters. The molecular formula is C19H23ClN4O3. The summed E-state index contributed by atoms with van der Waals surface area (Å²) in [4.78, 5) is 45.7. The summed E-state index contributed by atoms with van der Waals surface area (Å²) in [6.45, 7) is 5.06. The molecule has 2 saturated heterocycles. The zero-order valence-corrected chi connectivity index (χ0v) is 16.5. The van der Waals surface area contributed by atoms with Crippen molar-refractivity contribution in [1.82, 2.24) is 14.7 Å². The van der Waals surface area contributed by atoms with Crippen molar-refractivity contribution in [2.24, 2.45) is 5.41 Å². The lowest BCUT2D eigenvalue weighted by molar-refractivity contribution is -0.160. The number of fused-ring (bicyclic) bond motifs is 4. The fraction of sp³-hybridized carbons (Fsp3) is 0.526. The van der Waals surface area contributed by atoms with E-state index < -0.39 is 23.3 Å². The quantitative estimate of drug-likeness (QED) is 0.679. The Bertz CT molecular complexity index is 818. The lowest BCUT2D eigenvalue weighted by atomic mass is 9.67. The molecule has 0 aliphatic carbocycles. The smallest absolute Gasteiger partial charge is 0.332 e. The minimum Gasteiger partial charge on any atom is -0.364 e. The van der Waals surface area contributed by atoms with Crippen LogP contribution >= 0.6 is 11.6 Å². The van der Waals surface area contributed by atoms with Crippen LogP contribution < -0.4 is 4.90 Å².